The number of urea groups is 1. The first-order valence-electron chi connectivity index (χ1n) is 4.23. The highest BCUT2D eigenvalue weighted by molar-refractivity contribution is 9.10. The summed E-state index contributed by atoms with van der Waals surface area (Å²) < 4.78 is 0.937. The van der Waals surface area contributed by atoms with Gasteiger partial charge in [-0.05, 0) is 22.0 Å². The van der Waals surface area contributed by atoms with Gasteiger partial charge in [-0.3, -0.25) is 4.90 Å². The van der Waals surface area contributed by atoms with E-state index in [1.807, 2.05) is 6.07 Å². The van der Waals surface area contributed by atoms with Gasteiger partial charge in [-0.15, -0.1) is 0 Å². The minimum atomic E-state index is -0.0210. The zero-order chi connectivity index (χ0) is 10.3. The summed E-state index contributed by atoms with van der Waals surface area (Å²) in [5, 5.41) is 0. The van der Waals surface area contributed by atoms with E-state index in [2.05, 4.69) is 20.9 Å². The molecule has 1 aliphatic heterocycles. The maximum Gasteiger partial charge on any atom is 0.325 e. The van der Waals surface area contributed by atoms with Gasteiger partial charge in [0.05, 0.1) is 6.54 Å². The van der Waals surface area contributed by atoms with Crippen LogP contribution in [0.3, 0.4) is 0 Å². The van der Waals surface area contributed by atoms with Gasteiger partial charge in [0.2, 0.25) is 0 Å². The van der Waals surface area contributed by atoms with E-state index in [-0.39, 0.29) is 6.03 Å². The first-order chi connectivity index (χ1) is 6.59. The summed E-state index contributed by atoms with van der Waals surface area (Å²) in [5.74, 6) is 0.747. The van der Waals surface area contributed by atoms with Crippen molar-refractivity contribution in [2.45, 2.75) is 6.54 Å². The van der Waals surface area contributed by atoms with Crippen molar-refractivity contribution in [3.05, 3.63) is 22.3 Å². The fourth-order valence-electron chi connectivity index (χ4n) is 1.56. The van der Waals surface area contributed by atoms with E-state index in [9.17, 15) is 4.79 Å². The number of nitrogens with zero attached hydrogens (tertiary/aromatic N) is 3. The summed E-state index contributed by atoms with van der Waals surface area (Å²) in [5.41, 5.74) is 1.06. The molecule has 0 saturated carbocycles. The Bertz CT molecular complexity index is 394. The average Bonchev–Trinajstić information content (AvgIpc) is 2.14. The molecule has 0 atom stereocenters. The van der Waals surface area contributed by atoms with Gasteiger partial charge in [0.1, 0.15) is 5.82 Å². The second kappa shape index (κ2) is 3.24. The van der Waals surface area contributed by atoms with E-state index < -0.39 is 0 Å². The zero-order valence-corrected chi connectivity index (χ0v) is 9.58. The van der Waals surface area contributed by atoms with Gasteiger partial charge in [-0.25, -0.2) is 9.78 Å². The molecule has 2 amide bonds. The van der Waals surface area contributed by atoms with Crippen molar-refractivity contribution < 1.29 is 4.79 Å². The molecule has 0 unspecified atom stereocenters. The molecule has 0 aliphatic carbocycles. The molecule has 1 aromatic heterocycles. The molecule has 0 spiro atoms. The Morgan fingerprint density at radius 3 is 2.93 bits per heavy atom. The van der Waals surface area contributed by atoms with Crippen LogP contribution in [-0.2, 0) is 6.54 Å². The molecule has 5 heteroatoms. The number of fused-ring (bicyclic) bond motifs is 1. The molecule has 1 aromatic rings. The maximum absolute atomic E-state index is 11.6. The van der Waals surface area contributed by atoms with Crippen LogP contribution < -0.4 is 4.90 Å². The normalized spacial score (nSPS) is 15.8. The molecule has 2 rings (SSSR count). The predicted molar refractivity (Wildman–Crippen MR) is 57.2 cm³/mol. The summed E-state index contributed by atoms with van der Waals surface area (Å²) in [7, 11) is 3.51. The molecule has 0 bridgehead atoms. The van der Waals surface area contributed by atoms with Crippen molar-refractivity contribution in [1.29, 1.82) is 0 Å². The predicted octanol–water partition coefficient (Wildman–Crippen LogP) is 1.85. The lowest BCUT2D eigenvalue weighted by Gasteiger charge is -2.31. The van der Waals surface area contributed by atoms with Crippen molar-refractivity contribution in [2.75, 3.05) is 19.0 Å². The van der Waals surface area contributed by atoms with Crippen LogP contribution in [0.15, 0.2) is 16.7 Å². The monoisotopic (exact) mass is 255 g/mol. The fourth-order valence-corrected chi connectivity index (χ4v) is 1.94. The van der Waals surface area contributed by atoms with E-state index >= 15 is 0 Å². The number of hydrogen-bond donors (Lipinski definition) is 0. The van der Waals surface area contributed by atoms with E-state index in [1.54, 1.807) is 30.1 Å². The summed E-state index contributed by atoms with van der Waals surface area (Å²) in [6, 6.07) is 1.97. The van der Waals surface area contributed by atoms with Crippen LogP contribution in [0, 0.1) is 0 Å². The number of pyridine rings is 1. The van der Waals surface area contributed by atoms with E-state index in [0.717, 1.165) is 15.9 Å². The maximum atomic E-state index is 11.6. The van der Waals surface area contributed by atoms with Crippen molar-refractivity contribution in [2.24, 2.45) is 0 Å². The third kappa shape index (κ3) is 1.37. The largest absolute Gasteiger partial charge is 0.325 e. The van der Waals surface area contributed by atoms with Gasteiger partial charge in [0.25, 0.3) is 0 Å². The molecule has 14 heavy (non-hydrogen) atoms. The second-order valence-corrected chi connectivity index (χ2v) is 4.25. The highest BCUT2D eigenvalue weighted by Gasteiger charge is 2.25. The number of carbonyl (C=O) groups excluding carboxylic acids is 1. The SMILES string of the molecule is CN1Cc2cc(Br)cnc2N(C)C1=O. The Morgan fingerprint density at radius 2 is 2.21 bits per heavy atom. The van der Waals surface area contributed by atoms with Gasteiger partial charge < -0.3 is 4.90 Å². The lowest BCUT2D eigenvalue weighted by atomic mass is 10.2. The Hall–Kier alpha value is -1.10. The van der Waals surface area contributed by atoms with Crippen LogP contribution in [0.2, 0.25) is 0 Å². The van der Waals surface area contributed by atoms with Crippen LogP contribution in [0.4, 0.5) is 10.6 Å². The minimum Gasteiger partial charge on any atom is -0.323 e. The molecule has 0 saturated heterocycles. The topological polar surface area (TPSA) is 36.4 Å². The number of carbonyl (C=O) groups is 1. The number of amides is 2. The second-order valence-electron chi connectivity index (χ2n) is 3.33. The van der Waals surface area contributed by atoms with E-state index in [0.29, 0.717) is 6.54 Å². The van der Waals surface area contributed by atoms with Gasteiger partial charge in [-0.2, -0.15) is 0 Å². The summed E-state index contributed by atoms with van der Waals surface area (Å²) >= 11 is 3.36. The third-order valence-electron chi connectivity index (χ3n) is 2.25. The third-order valence-corrected chi connectivity index (χ3v) is 2.68. The molecule has 2 heterocycles. The first-order valence-corrected chi connectivity index (χ1v) is 5.02. The molecule has 0 radical (unpaired) electrons. The minimum absolute atomic E-state index is 0.0210. The van der Waals surface area contributed by atoms with Crippen molar-refractivity contribution in [3.8, 4) is 0 Å². The van der Waals surface area contributed by atoms with Crippen molar-refractivity contribution in [1.82, 2.24) is 9.88 Å². The summed E-state index contributed by atoms with van der Waals surface area (Å²) in [4.78, 5) is 19.0. The van der Waals surface area contributed by atoms with Gasteiger partial charge in [0, 0.05) is 30.3 Å². The fraction of sp³-hybridized carbons (Fsp3) is 0.333. The molecule has 1 aliphatic rings. The van der Waals surface area contributed by atoms with Crippen LogP contribution in [0.1, 0.15) is 5.56 Å². The number of anilines is 1. The standard InChI is InChI=1S/C9H10BrN3O/c1-12-5-6-3-7(10)4-11-8(6)13(2)9(12)14/h3-4H,5H2,1-2H3. The number of aromatic nitrogens is 1. The Kier molecular flexibility index (Phi) is 2.19. The first kappa shape index (κ1) is 9.45. The van der Waals surface area contributed by atoms with Crippen molar-refractivity contribution in [3.63, 3.8) is 0 Å². The summed E-state index contributed by atoms with van der Waals surface area (Å²) in [6.45, 7) is 0.616. The average molecular weight is 256 g/mol. The van der Waals surface area contributed by atoms with Gasteiger partial charge in [0.15, 0.2) is 0 Å². The number of halogens is 1. The number of rotatable bonds is 0. The van der Waals surface area contributed by atoms with Gasteiger partial charge >= 0.3 is 6.03 Å². The Morgan fingerprint density at radius 1 is 1.50 bits per heavy atom. The highest BCUT2D eigenvalue weighted by Crippen LogP contribution is 2.26. The molecule has 4 nitrogen and oxygen atoms in total. The lowest BCUT2D eigenvalue weighted by molar-refractivity contribution is 0.211. The van der Waals surface area contributed by atoms with E-state index in [1.165, 1.54) is 0 Å². The van der Waals surface area contributed by atoms with Crippen LogP contribution in [-0.4, -0.2) is 30.0 Å². The van der Waals surface area contributed by atoms with Crippen LogP contribution >= 0.6 is 15.9 Å². The van der Waals surface area contributed by atoms with Crippen molar-refractivity contribution >= 4 is 27.8 Å². The van der Waals surface area contributed by atoms with Crippen LogP contribution in [0.5, 0.6) is 0 Å². The Balaban J connectivity index is 2.50. The summed E-state index contributed by atoms with van der Waals surface area (Å²) in [6.07, 6.45) is 1.70. The molecule has 0 aromatic carbocycles. The zero-order valence-electron chi connectivity index (χ0n) is 7.99. The van der Waals surface area contributed by atoms with Gasteiger partial charge in [-0.1, -0.05) is 0 Å². The van der Waals surface area contributed by atoms with E-state index in [4.69, 9.17) is 0 Å². The van der Waals surface area contributed by atoms with Crippen LogP contribution in [0.25, 0.3) is 0 Å². The molecular weight excluding hydrogens is 246 g/mol. The molecule has 0 N–H and O–H groups in total. The quantitative estimate of drug-likeness (QED) is 0.710. The highest BCUT2D eigenvalue weighted by atomic mass is 79.9. The lowest BCUT2D eigenvalue weighted by Crippen LogP contribution is -2.43. The molecular formula is C9H10BrN3O. The molecule has 74 valence electrons. The molecule has 0 fully saturated rings. The number of hydrogen-bond acceptors (Lipinski definition) is 2. The Labute approximate surface area is 90.7 Å². The smallest absolute Gasteiger partial charge is 0.323 e.